The molecular formula is C20H19NO5. The van der Waals surface area contributed by atoms with Gasteiger partial charge in [0.15, 0.2) is 17.2 Å². The maximum atomic E-state index is 12.2. The lowest BCUT2D eigenvalue weighted by molar-refractivity contribution is -0.129. The Kier molecular flexibility index (Phi) is 4.93. The van der Waals surface area contributed by atoms with Crippen LogP contribution < -0.4 is 14.2 Å². The topological polar surface area (TPSA) is 66.4 Å². The Morgan fingerprint density at radius 1 is 1.00 bits per heavy atom. The first kappa shape index (κ1) is 17.5. The van der Waals surface area contributed by atoms with Crippen LogP contribution in [-0.4, -0.2) is 33.2 Å². The fraction of sp³-hybridized carbons (Fsp3) is 0.200. The minimum atomic E-state index is -0.504. The molecule has 0 saturated heterocycles. The minimum Gasteiger partial charge on any atom is -0.493 e. The van der Waals surface area contributed by atoms with Gasteiger partial charge in [-0.2, -0.15) is 0 Å². The summed E-state index contributed by atoms with van der Waals surface area (Å²) in [5, 5.41) is 0. The molecule has 2 aromatic rings. The molecule has 0 atom stereocenters. The van der Waals surface area contributed by atoms with Gasteiger partial charge >= 0.3 is 5.97 Å². The maximum absolute atomic E-state index is 12.2. The van der Waals surface area contributed by atoms with Crippen LogP contribution in [0.3, 0.4) is 0 Å². The molecule has 3 rings (SSSR count). The maximum Gasteiger partial charge on any atom is 0.363 e. The summed E-state index contributed by atoms with van der Waals surface area (Å²) in [5.41, 5.74) is 2.77. The first-order valence-electron chi connectivity index (χ1n) is 7.95. The molecular weight excluding hydrogens is 334 g/mol. The lowest BCUT2D eigenvalue weighted by Gasteiger charge is -2.13. The molecule has 0 fully saturated rings. The largest absolute Gasteiger partial charge is 0.493 e. The van der Waals surface area contributed by atoms with Crippen LogP contribution in [-0.2, 0) is 9.53 Å². The van der Waals surface area contributed by atoms with Gasteiger partial charge in [-0.25, -0.2) is 9.79 Å². The smallest absolute Gasteiger partial charge is 0.363 e. The molecule has 0 spiro atoms. The van der Waals surface area contributed by atoms with E-state index in [0.717, 1.165) is 11.1 Å². The lowest BCUT2D eigenvalue weighted by atomic mass is 10.1. The highest BCUT2D eigenvalue weighted by atomic mass is 16.6. The number of ether oxygens (including phenoxy) is 4. The quantitative estimate of drug-likeness (QED) is 0.609. The number of esters is 1. The normalized spacial score (nSPS) is 14.8. The SMILES string of the molecule is COc1cc(C2=NC(=Cc3cccc(C)c3)C(=O)O2)cc(OC)c1OC. The van der Waals surface area contributed by atoms with Crippen molar-refractivity contribution < 1.29 is 23.7 Å². The van der Waals surface area contributed by atoms with Crippen LogP contribution in [0.4, 0.5) is 0 Å². The third-order valence-corrected chi connectivity index (χ3v) is 3.88. The van der Waals surface area contributed by atoms with E-state index in [9.17, 15) is 4.79 Å². The monoisotopic (exact) mass is 353 g/mol. The van der Waals surface area contributed by atoms with Gasteiger partial charge in [0.05, 0.1) is 21.3 Å². The van der Waals surface area contributed by atoms with E-state index in [4.69, 9.17) is 18.9 Å². The minimum absolute atomic E-state index is 0.188. The average molecular weight is 353 g/mol. The second kappa shape index (κ2) is 7.31. The summed E-state index contributed by atoms with van der Waals surface area (Å²) in [6.07, 6.45) is 1.69. The van der Waals surface area contributed by atoms with E-state index in [0.29, 0.717) is 22.8 Å². The first-order valence-corrected chi connectivity index (χ1v) is 7.95. The Labute approximate surface area is 151 Å². The van der Waals surface area contributed by atoms with Gasteiger partial charge in [0, 0.05) is 5.56 Å². The van der Waals surface area contributed by atoms with Crippen molar-refractivity contribution in [3.63, 3.8) is 0 Å². The van der Waals surface area contributed by atoms with E-state index >= 15 is 0 Å². The predicted molar refractivity (Wildman–Crippen MR) is 97.9 cm³/mol. The zero-order valence-electron chi connectivity index (χ0n) is 15.0. The van der Waals surface area contributed by atoms with Crippen LogP contribution in [0.25, 0.3) is 6.08 Å². The Morgan fingerprint density at radius 2 is 1.69 bits per heavy atom. The predicted octanol–water partition coefficient (Wildman–Crippen LogP) is 3.37. The molecule has 1 aliphatic heterocycles. The number of methoxy groups -OCH3 is 3. The highest BCUT2D eigenvalue weighted by Gasteiger charge is 2.26. The summed E-state index contributed by atoms with van der Waals surface area (Å²) >= 11 is 0. The average Bonchev–Trinajstić information content (AvgIpc) is 3.01. The van der Waals surface area contributed by atoms with Crippen molar-refractivity contribution in [2.24, 2.45) is 4.99 Å². The number of hydrogen-bond donors (Lipinski definition) is 0. The summed E-state index contributed by atoms with van der Waals surface area (Å²) in [6.45, 7) is 1.99. The zero-order chi connectivity index (χ0) is 18.7. The fourth-order valence-electron chi connectivity index (χ4n) is 2.65. The Bertz CT molecular complexity index is 889. The molecule has 2 aromatic carbocycles. The Balaban J connectivity index is 2.01. The molecule has 1 heterocycles. The van der Waals surface area contributed by atoms with Gasteiger partial charge in [0.1, 0.15) is 0 Å². The molecule has 134 valence electrons. The first-order chi connectivity index (χ1) is 12.5. The van der Waals surface area contributed by atoms with Crippen molar-refractivity contribution in [2.75, 3.05) is 21.3 Å². The third-order valence-electron chi connectivity index (χ3n) is 3.88. The lowest BCUT2D eigenvalue weighted by Crippen LogP contribution is -2.06. The van der Waals surface area contributed by atoms with E-state index < -0.39 is 5.97 Å². The highest BCUT2D eigenvalue weighted by molar-refractivity contribution is 6.13. The van der Waals surface area contributed by atoms with Crippen LogP contribution in [0.15, 0.2) is 47.1 Å². The highest BCUT2D eigenvalue weighted by Crippen LogP contribution is 2.39. The van der Waals surface area contributed by atoms with Gasteiger partial charge < -0.3 is 18.9 Å². The number of carbonyl (C=O) groups excluding carboxylic acids is 1. The molecule has 0 radical (unpaired) electrons. The number of cyclic esters (lactones) is 1. The van der Waals surface area contributed by atoms with Gasteiger partial charge in [-0.05, 0) is 30.7 Å². The molecule has 0 N–H and O–H groups in total. The van der Waals surface area contributed by atoms with E-state index in [1.165, 1.54) is 21.3 Å². The van der Waals surface area contributed by atoms with Gasteiger partial charge in [0.25, 0.3) is 0 Å². The summed E-state index contributed by atoms with van der Waals surface area (Å²) in [5.74, 6) is 1.05. The Hall–Kier alpha value is -3.28. The number of nitrogens with zero attached hydrogens (tertiary/aromatic N) is 1. The van der Waals surface area contributed by atoms with Crippen molar-refractivity contribution >= 4 is 17.9 Å². The number of carbonyl (C=O) groups is 1. The Morgan fingerprint density at radius 3 is 2.27 bits per heavy atom. The standard InChI is InChI=1S/C20H19NO5/c1-12-6-5-7-13(8-12)9-15-20(22)26-19(21-15)14-10-16(23-2)18(25-4)17(11-14)24-3/h5-11H,1-4H3. The number of rotatable bonds is 5. The van der Waals surface area contributed by atoms with Crippen molar-refractivity contribution in [3.05, 3.63) is 58.8 Å². The van der Waals surface area contributed by atoms with E-state index in [-0.39, 0.29) is 11.6 Å². The van der Waals surface area contributed by atoms with Crippen LogP contribution in [0.2, 0.25) is 0 Å². The second-order valence-corrected chi connectivity index (χ2v) is 5.66. The molecule has 0 amide bonds. The van der Waals surface area contributed by atoms with Crippen LogP contribution in [0, 0.1) is 6.92 Å². The van der Waals surface area contributed by atoms with Crippen molar-refractivity contribution in [2.45, 2.75) is 6.92 Å². The second-order valence-electron chi connectivity index (χ2n) is 5.66. The van der Waals surface area contributed by atoms with Crippen LogP contribution >= 0.6 is 0 Å². The number of aryl methyl sites for hydroxylation is 1. The molecule has 6 nitrogen and oxygen atoms in total. The third kappa shape index (κ3) is 3.39. The summed E-state index contributed by atoms with van der Waals surface area (Å²) in [6, 6.07) is 11.1. The molecule has 0 bridgehead atoms. The van der Waals surface area contributed by atoms with Gasteiger partial charge in [0.2, 0.25) is 11.6 Å². The summed E-state index contributed by atoms with van der Waals surface area (Å²) in [4.78, 5) is 16.5. The van der Waals surface area contributed by atoms with Crippen LogP contribution in [0.1, 0.15) is 16.7 Å². The van der Waals surface area contributed by atoms with Gasteiger partial charge in [-0.1, -0.05) is 29.8 Å². The van der Waals surface area contributed by atoms with Gasteiger partial charge in [-0.15, -0.1) is 0 Å². The molecule has 26 heavy (non-hydrogen) atoms. The molecule has 6 heteroatoms. The molecule has 0 aliphatic carbocycles. The molecule has 0 unspecified atom stereocenters. The zero-order valence-corrected chi connectivity index (χ0v) is 15.0. The van der Waals surface area contributed by atoms with Crippen molar-refractivity contribution in [1.82, 2.24) is 0 Å². The van der Waals surface area contributed by atoms with Crippen molar-refractivity contribution in [1.29, 1.82) is 0 Å². The summed E-state index contributed by atoms with van der Waals surface area (Å²) < 4.78 is 21.3. The molecule has 1 aliphatic rings. The van der Waals surface area contributed by atoms with Gasteiger partial charge in [-0.3, -0.25) is 0 Å². The van der Waals surface area contributed by atoms with Crippen LogP contribution in [0.5, 0.6) is 17.2 Å². The number of hydrogen-bond acceptors (Lipinski definition) is 6. The van der Waals surface area contributed by atoms with E-state index in [2.05, 4.69) is 4.99 Å². The molecule has 0 aromatic heterocycles. The van der Waals surface area contributed by atoms with E-state index in [1.807, 2.05) is 31.2 Å². The fourth-order valence-corrected chi connectivity index (χ4v) is 2.65. The number of aliphatic imine (C=N–C) groups is 1. The van der Waals surface area contributed by atoms with E-state index in [1.54, 1.807) is 18.2 Å². The van der Waals surface area contributed by atoms with Crippen molar-refractivity contribution in [3.8, 4) is 17.2 Å². The number of benzene rings is 2. The summed E-state index contributed by atoms with van der Waals surface area (Å²) in [7, 11) is 4.56. The molecule has 0 saturated carbocycles.